The van der Waals surface area contributed by atoms with Gasteiger partial charge >= 0.3 is 12.1 Å². The Labute approximate surface area is 268 Å². The van der Waals surface area contributed by atoms with Crippen molar-refractivity contribution >= 4 is 37.7 Å². The van der Waals surface area contributed by atoms with Crippen LogP contribution in [0.15, 0.2) is 72.8 Å². The quantitative estimate of drug-likeness (QED) is 0.203. The monoisotopic (exact) mass is 638 g/mol. The lowest BCUT2D eigenvalue weighted by atomic mass is 9.99. The Hall–Kier alpha value is -3.33. The van der Waals surface area contributed by atoms with Crippen LogP contribution in [0.3, 0.4) is 0 Å². The number of benzene rings is 3. The van der Waals surface area contributed by atoms with Gasteiger partial charge in [0.05, 0.1) is 18.2 Å². The molecule has 3 aromatic carbocycles. The van der Waals surface area contributed by atoms with Crippen molar-refractivity contribution in [2.75, 3.05) is 18.4 Å². The molecule has 1 amide bonds. The van der Waals surface area contributed by atoms with E-state index in [1.807, 2.05) is 82.3 Å². The zero-order valence-electron chi connectivity index (χ0n) is 27.4. The molecule has 0 radical (unpaired) electrons. The number of halogens is 1. The second-order valence-corrected chi connectivity index (χ2v) is 18.9. The number of aromatic carboxylic acids is 1. The van der Waals surface area contributed by atoms with Crippen molar-refractivity contribution in [3.05, 3.63) is 88.9 Å². The third-order valence-electron chi connectivity index (χ3n) is 7.92. The van der Waals surface area contributed by atoms with E-state index in [1.165, 1.54) is 0 Å². The number of carboxylic acid groups (broad SMARTS) is 1. The van der Waals surface area contributed by atoms with Gasteiger partial charge in [0.2, 0.25) is 0 Å². The summed E-state index contributed by atoms with van der Waals surface area (Å²) < 4.78 is 12.8. The van der Waals surface area contributed by atoms with Gasteiger partial charge in [0.1, 0.15) is 5.60 Å². The molecule has 0 aliphatic heterocycles. The van der Waals surface area contributed by atoms with E-state index in [0.717, 1.165) is 16.8 Å². The van der Waals surface area contributed by atoms with E-state index in [-0.39, 0.29) is 23.2 Å². The molecule has 3 aromatic rings. The van der Waals surface area contributed by atoms with Gasteiger partial charge in [-0.3, -0.25) is 0 Å². The Kier molecular flexibility index (Phi) is 11.3. The molecule has 3 rings (SSSR count). The molecule has 0 bridgehead atoms. The molecule has 0 aliphatic carbocycles. The van der Waals surface area contributed by atoms with Crippen LogP contribution < -0.4 is 5.32 Å². The topological polar surface area (TPSA) is 88.1 Å². The van der Waals surface area contributed by atoms with Gasteiger partial charge in [-0.15, -0.1) is 0 Å². The van der Waals surface area contributed by atoms with E-state index < -0.39 is 32.1 Å². The summed E-state index contributed by atoms with van der Waals surface area (Å²) in [5.41, 5.74) is 2.69. The van der Waals surface area contributed by atoms with E-state index in [9.17, 15) is 14.7 Å². The maximum Gasteiger partial charge on any atom is 0.410 e. The zero-order valence-corrected chi connectivity index (χ0v) is 29.2. The fraction of sp³-hybridized carbons (Fsp3) is 0.429. The summed E-state index contributed by atoms with van der Waals surface area (Å²) in [6.45, 7) is 19.2. The van der Waals surface area contributed by atoms with Crippen LogP contribution in [0, 0.1) is 0 Å². The summed E-state index contributed by atoms with van der Waals surface area (Å²) in [6, 6.07) is 21.9. The number of nitrogens with zero attached hydrogens (tertiary/aromatic N) is 1. The summed E-state index contributed by atoms with van der Waals surface area (Å²) in [4.78, 5) is 27.2. The second kappa shape index (κ2) is 14.2. The van der Waals surface area contributed by atoms with E-state index in [0.29, 0.717) is 17.1 Å². The number of anilines is 1. The molecule has 0 saturated carbocycles. The van der Waals surface area contributed by atoms with Crippen LogP contribution in [-0.4, -0.2) is 55.1 Å². The average molecular weight is 639 g/mol. The van der Waals surface area contributed by atoms with Gasteiger partial charge in [-0.2, -0.15) is 0 Å². The molecule has 0 saturated heterocycles. The maximum atomic E-state index is 13.7. The lowest BCUT2D eigenvalue weighted by molar-refractivity contribution is 0.00798. The largest absolute Gasteiger partial charge is 0.478 e. The first-order valence-electron chi connectivity index (χ1n) is 15.0. The lowest BCUT2D eigenvalue weighted by Gasteiger charge is -2.41. The van der Waals surface area contributed by atoms with Crippen LogP contribution in [0.5, 0.6) is 0 Å². The van der Waals surface area contributed by atoms with Gasteiger partial charge in [-0.05, 0) is 92.8 Å². The smallest absolute Gasteiger partial charge is 0.410 e. The summed E-state index contributed by atoms with van der Waals surface area (Å²) >= 11 is 6.41. The lowest BCUT2D eigenvalue weighted by Crippen LogP contribution is -2.49. The molecular formula is C35H47ClN2O5Si. The van der Waals surface area contributed by atoms with Crippen LogP contribution in [-0.2, 0) is 9.16 Å². The minimum Gasteiger partial charge on any atom is -0.478 e. The molecule has 2 N–H and O–H groups in total. The number of carboxylic acids is 1. The van der Waals surface area contributed by atoms with E-state index >= 15 is 0 Å². The second-order valence-electron chi connectivity index (χ2n) is 13.7. The highest BCUT2D eigenvalue weighted by atomic mass is 35.5. The van der Waals surface area contributed by atoms with Crippen LogP contribution in [0.25, 0.3) is 11.1 Å². The van der Waals surface area contributed by atoms with Gasteiger partial charge in [0.15, 0.2) is 8.32 Å². The van der Waals surface area contributed by atoms with Crippen molar-refractivity contribution in [3.8, 4) is 11.1 Å². The molecule has 2 atom stereocenters. The van der Waals surface area contributed by atoms with Crippen molar-refractivity contribution in [1.82, 2.24) is 4.90 Å². The van der Waals surface area contributed by atoms with Gasteiger partial charge in [0, 0.05) is 23.3 Å². The van der Waals surface area contributed by atoms with Gasteiger partial charge < -0.3 is 24.5 Å². The first-order valence-corrected chi connectivity index (χ1v) is 18.3. The third-order valence-corrected chi connectivity index (χ3v) is 12.6. The predicted octanol–water partition coefficient (Wildman–Crippen LogP) is 9.51. The van der Waals surface area contributed by atoms with Crippen LogP contribution in [0.2, 0.25) is 23.2 Å². The SMILES string of the molecule is CC(CNc1cccc(-c2ccccc2C(=O)O)c1)N(CC(O[Si](C)(C)C(C)(C)C)c1cccc(Cl)c1)C(=O)OC(C)(C)C. The van der Waals surface area contributed by atoms with Gasteiger partial charge in [0.25, 0.3) is 0 Å². The summed E-state index contributed by atoms with van der Waals surface area (Å²) in [7, 11) is -2.25. The van der Waals surface area contributed by atoms with E-state index in [2.05, 4.69) is 39.2 Å². The number of nitrogens with one attached hydrogen (secondary N) is 1. The minimum absolute atomic E-state index is 0.0436. The fourth-order valence-electron chi connectivity index (χ4n) is 4.48. The molecule has 9 heteroatoms. The molecule has 0 fully saturated rings. The minimum atomic E-state index is -2.25. The highest BCUT2D eigenvalue weighted by Gasteiger charge is 2.41. The maximum absolute atomic E-state index is 13.7. The summed E-state index contributed by atoms with van der Waals surface area (Å²) in [5, 5.41) is 13.7. The first kappa shape index (κ1) is 35.1. The molecule has 0 heterocycles. The number of rotatable bonds is 11. The Morgan fingerprint density at radius 2 is 1.61 bits per heavy atom. The average Bonchev–Trinajstić information content (AvgIpc) is 2.92. The highest BCUT2D eigenvalue weighted by Crippen LogP contribution is 2.40. The van der Waals surface area contributed by atoms with Gasteiger partial charge in [-0.25, -0.2) is 9.59 Å². The molecule has 2 unspecified atom stereocenters. The molecular weight excluding hydrogens is 592 g/mol. The van der Waals surface area contributed by atoms with Crippen LogP contribution >= 0.6 is 11.6 Å². The Morgan fingerprint density at radius 1 is 0.955 bits per heavy atom. The molecule has 0 spiro atoms. The molecule has 0 aromatic heterocycles. The molecule has 44 heavy (non-hydrogen) atoms. The Bertz CT molecular complexity index is 1450. The fourth-order valence-corrected chi connectivity index (χ4v) is 5.95. The molecule has 0 aliphatic rings. The molecule has 7 nitrogen and oxygen atoms in total. The number of carbonyl (C=O) groups excluding carboxylic acids is 1. The Morgan fingerprint density at radius 3 is 2.23 bits per heavy atom. The van der Waals surface area contributed by atoms with Crippen molar-refractivity contribution in [3.63, 3.8) is 0 Å². The number of carbonyl (C=O) groups is 2. The molecule has 238 valence electrons. The normalized spacial score (nSPS) is 13.6. The van der Waals surface area contributed by atoms with Crippen molar-refractivity contribution < 1.29 is 23.9 Å². The third kappa shape index (κ3) is 9.58. The zero-order chi connectivity index (χ0) is 32.9. The van der Waals surface area contributed by atoms with Crippen LogP contribution in [0.4, 0.5) is 10.5 Å². The summed E-state index contributed by atoms with van der Waals surface area (Å²) in [5.74, 6) is -0.977. The van der Waals surface area contributed by atoms with Crippen molar-refractivity contribution in [2.45, 2.75) is 84.3 Å². The highest BCUT2D eigenvalue weighted by molar-refractivity contribution is 6.74. The van der Waals surface area contributed by atoms with Crippen molar-refractivity contribution in [1.29, 1.82) is 0 Å². The predicted molar refractivity (Wildman–Crippen MR) is 182 cm³/mol. The van der Waals surface area contributed by atoms with Crippen LogP contribution in [0.1, 0.15) is 70.5 Å². The van der Waals surface area contributed by atoms with Gasteiger partial charge in [-0.1, -0.05) is 74.8 Å². The van der Waals surface area contributed by atoms with Crippen molar-refractivity contribution in [2.24, 2.45) is 0 Å². The first-order chi connectivity index (χ1) is 20.4. The van der Waals surface area contributed by atoms with E-state index in [4.69, 9.17) is 20.8 Å². The van der Waals surface area contributed by atoms with E-state index in [1.54, 1.807) is 23.1 Å². The number of hydrogen-bond acceptors (Lipinski definition) is 5. The number of amides is 1. The summed E-state index contributed by atoms with van der Waals surface area (Å²) in [6.07, 6.45) is -0.845. The Balaban J connectivity index is 1.91. The standard InChI is InChI=1S/C35H47ClN2O5Si/c1-24(22-37-28-17-13-14-25(21-28)29-18-10-11-19-30(29)32(39)40)38(33(41)42-34(2,3)4)23-31(26-15-12-16-27(36)20-26)43-44(8,9)35(5,6)7/h10-21,24,31,37H,22-23H2,1-9H3,(H,39,40). The number of hydrogen-bond donors (Lipinski definition) is 2. The number of ether oxygens (including phenoxy) is 1.